The van der Waals surface area contributed by atoms with E-state index in [9.17, 15) is 0 Å². The van der Waals surface area contributed by atoms with Crippen LogP contribution >= 0.6 is 0 Å². The fraction of sp³-hybridized carbons (Fsp3) is 0.429. The molecule has 3 nitrogen and oxygen atoms in total. The summed E-state index contributed by atoms with van der Waals surface area (Å²) in [6.45, 7) is 5.51. The lowest BCUT2D eigenvalue weighted by Crippen LogP contribution is -2.41. The molecule has 1 N–H and O–H groups in total. The molecule has 1 aliphatic rings. The first-order chi connectivity index (χ1) is 11.8. The monoisotopic (exact) mass is 324 g/mol. The number of rotatable bonds is 7. The number of methoxy groups -OCH3 is 1. The number of likely N-dealkylation sites (tertiary alicyclic amines) is 1. The minimum atomic E-state index is 0.371. The molecule has 1 saturated heterocycles. The van der Waals surface area contributed by atoms with E-state index in [0.29, 0.717) is 12.1 Å². The molecule has 0 radical (unpaired) electrons. The van der Waals surface area contributed by atoms with E-state index < -0.39 is 0 Å². The van der Waals surface area contributed by atoms with E-state index in [1.54, 1.807) is 7.11 Å². The fourth-order valence-electron chi connectivity index (χ4n) is 3.72. The summed E-state index contributed by atoms with van der Waals surface area (Å²) in [6.07, 6.45) is 2.62. The van der Waals surface area contributed by atoms with Crippen molar-refractivity contribution in [1.29, 1.82) is 0 Å². The number of benzene rings is 2. The third-order valence-corrected chi connectivity index (χ3v) is 4.96. The smallest absolute Gasteiger partial charge is 0.123 e. The molecule has 3 heteroatoms. The summed E-state index contributed by atoms with van der Waals surface area (Å²) < 4.78 is 5.47. The molecular weight excluding hydrogens is 296 g/mol. The molecule has 0 aromatic heterocycles. The van der Waals surface area contributed by atoms with Crippen molar-refractivity contribution < 1.29 is 4.74 Å². The second kappa shape index (κ2) is 8.32. The van der Waals surface area contributed by atoms with Gasteiger partial charge in [0.2, 0.25) is 0 Å². The van der Waals surface area contributed by atoms with Gasteiger partial charge in [0.25, 0.3) is 0 Å². The summed E-state index contributed by atoms with van der Waals surface area (Å²) in [7, 11) is 1.74. The summed E-state index contributed by atoms with van der Waals surface area (Å²) in [5.41, 5.74) is 2.61. The van der Waals surface area contributed by atoms with Crippen molar-refractivity contribution in [3.05, 3.63) is 65.7 Å². The molecule has 0 bridgehead atoms. The van der Waals surface area contributed by atoms with Gasteiger partial charge in [-0.1, -0.05) is 48.5 Å². The van der Waals surface area contributed by atoms with Crippen molar-refractivity contribution in [3.8, 4) is 5.75 Å². The first-order valence-electron chi connectivity index (χ1n) is 8.94. The van der Waals surface area contributed by atoms with Crippen LogP contribution in [0.25, 0.3) is 0 Å². The zero-order valence-corrected chi connectivity index (χ0v) is 14.7. The standard InChI is InChI=1S/C21H28N2O/c1-17(22-16-19-12-6-7-13-20(19)24-2)21(23-14-8-9-15-23)18-10-4-3-5-11-18/h3-7,10-13,17,21-22H,8-9,14-16H2,1-2H3. The van der Waals surface area contributed by atoms with Crippen LogP contribution in [-0.4, -0.2) is 31.1 Å². The summed E-state index contributed by atoms with van der Waals surface area (Å²) in [5.74, 6) is 0.953. The van der Waals surface area contributed by atoms with Crippen molar-refractivity contribution in [3.63, 3.8) is 0 Å². The third-order valence-electron chi connectivity index (χ3n) is 4.96. The minimum absolute atomic E-state index is 0.371. The van der Waals surface area contributed by atoms with Crippen LogP contribution in [0.2, 0.25) is 0 Å². The molecule has 2 aromatic rings. The molecule has 24 heavy (non-hydrogen) atoms. The zero-order valence-electron chi connectivity index (χ0n) is 14.7. The van der Waals surface area contributed by atoms with Crippen molar-refractivity contribution in [1.82, 2.24) is 10.2 Å². The summed E-state index contributed by atoms with van der Waals surface area (Å²) in [5, 5.41) is 3.73. The highest BCUT2D eigenvalue weighted by molar-refractivity contribution is 5.33. The fourth-order valence-corrected chi connectivity index (χ4v) is 3.72. The Morgan fingerprint density at radius 2 is 1.67 bits per heavy atom. The van der Waals surface area contributed by atoms with E-state index in [-0.39, 0.29) is 0 Å². The molecule has 1 fully saturated rings. The van der Waals surface area contributed by atoms with Crippen molar-refractivity contribution >= 4 is 0 Å². The van der Waals surface area contributed by atoms with Gasteiger partial charge < -0.3 is 10.1 Å². The average molecular weight is 324 g/mol. The van der Waals surface area contributed by atoms with Crippen molar-refractivity contribution in [2.75, 3.05) is 20.2 Å². The average Bonchev–Trinajstić information content (AvgIpc) is 3.15. The van der Waals surface area contributed by atoms with Gasteiger partial charge in [-0.2, -0.15) is 0 Å². The molecule has 1 aliphatic heterocycles. The maximum Gasteiger partial charge on any atom is 0.123 e. The van der Waals surface area contributed by atoms with Crippen LogP contribution in [0.4, 0.5) is 0 Å². The van der Waals surface area contributed by atoms with E-state index in [1.165, 1.54) is 37.1 Å². The lowest BCUT2D eigenvalue weighted by molar-refractivity contribution is 0.199. The highest BCUT2D eigenvalue weighted by atomic mass is 16.5. The number of nitrogens with one attached hydrogen (secondary N) is 1. The molecule has 0 aliphatic carbocycles. The van der Waals surface area contributed by atoms with Crippen LogP contribution in [0.3, 0.4) is 0 Å². The highest BCUT2D eigenvalue weighted by Gasteiger charge is 2.28. The molecule has 2 atom stereocenters. The number of ether oxygens (including phenoxy) is 1. The molecule has 1 heterocycles. The van der Waals surface area contributed by atoms with Gasteiger partial charge >= 0.3 is 0 Å². The quantitative estimate of drug-likeness (QED) is 0.833. The van der Waals surface area contributed by atoms with Crippen LogP contribution in [0.5, 0.6) is 5.75 Å². The van der Waals surface area contributed by atoms with Gasteiger partial charge in [0.1, 0.15) is 5.75 Å². The number of hydrogen-bond donors (Lipinski definition) is 1. The molecule has 0 saturated carbocycles. The Morgan fingerprint density at radius 1 is 1.00 bits per heavy atom. The van der Waals surface area contributed by atoms with Crippen LogP contribution in [0.1, 0.15) is 36.9 Å². The van der Waals surface area contributed by atoms with Gasteiger partial charge in [-0.25, -0.2) is 0 Å². The molecule has 2 aromatic carbocycles. The Bertz CT molecular complexity index is 623. The van der Waals surface area contributed by atoms with Gasteiger partial charge in [0.15, 0.2) is 0 Å². The van der Waals surface area contributed by atoms with Crippen LogP contribution in [-0.2, 0) is 6.54 Å². The first kappa shape index (κ1) is 17.0. The molecule has 128 valence electrons. The predicted octanol–water partition coefficient (Wildman–Crippen LogP) is 4.01. The lowest BCUT2D eigenvalue weighted by Gasteiger charge is -2.33. The van der Waals surface area contributed by atoms with Crippen LogP contribution < -0.4 is 10.1 Å². The summed E-state index contributed by atoms with van der Waals surface area (Å²) in [4.78, 5) is 2.62. The zero-order chi connectivity index (χ0) is 16.8. The molecule has 0 amide bonds. The maximum atomic E-state index is 5.47. The second-order valence-corrected chi connectivity index (χ2v) is 6.58. The normalized spacial score (nSPS) is 17.6. The van der Waals surface area contributed by atoms with Gasteiger partial charge in [0.05, 0.1) is 7.11 Å². The lowest BCUT2D eigenvalue weighted by atomic mass is 9.98. The minimum Gasteiger partial charge on any atom is -0.496 e. The number of hydrogen-bond acceptors (Lipinski definition) is 3. The van der Waals surface area contributed by atoms with E-state index in [4.69, 9.17) is 4.74 Å². The Hall–Kier alpha value is -1.84. The van der Waals surface area contributed by atoms with Gasteiger partial charge in [-0.05, 0) is 44.5 Å². The number of para-hydroxylation sites is 1. The number of nitrogens with zero attached hydrogens (tertiary/aromatic N) is 1. The SMILES string of the molecule is COc1ccccc1CNC(C)C(c1ccccc1)N1CCCC1. The summed E-state index contributed by atoms with van der Waals surface area (Å²) >= 11 is 0. The van der Waals surface area contributed by atoms with Gasteiger partial charge in [-0.3, -0.25) is 4.90 Å². The Kier molecular flexibility index (Phi) is 5.89. The Labute approximate surface area is 145 Å². The van der Waals surface area contributed by atoms with Gasteiger partial charge in [0, 0.05) is 24.2 Å². The Balaban J connectivity index is 1.73. The molecular formula is C21H28N2O. The topological polar surface area (TPSA) is 24.5 Å². The van der Waals surface area contributed by atoms with Crippen molar-refractivity contribution in [2.24, 2.45) is 0 Å². The first-order valence-corrected chi connectivity index (χ1v) is 8.94. The molecule has 2 unspecified atom stereocenters. The second-order valence-electron chi connectivity index (χ2n) is 6.58. The predicted molar refractivity (Wildman–Crippen MR) is 99.3 cm³/mol. The van der Waals surface area contributed by atoms with E-state index in [0.717, 1.165) is 12.3 Å². The van der Waals surface area contributed by atoms with E-state index in [1.807, 2.05) is 12.1 Å². The van der Waals surface area contributed by atoms with Crippen molar-refractivity contribution in [2.45, 2.75) is 38.4 Å². The largest absolute Gasteiger partial charge is 0.496 e. The summed E-state index contributed by atoms with van der Waals surface area (Å²) in [6, 6.07) is 19.9. The highest BCUT2D eigenvalue weighted by Crippen LogP contribution is 2.28. The van der Waals surface area contributed by atoms with E-state index in [2.05, 4.69) is 59.6 Å². The van der Waals surface area contributed by atoms with Gasteiger partial charge in [-0.15, -0.1) is 0 Å². The Morgan fingerprint density at radius 3 is 2.38 bits per heavy atom. The van der Waals surface area contributed by atoms with Crippen LogP contribution in [0.15, 0.2) is 54.6 Å². The van der Waals surface area contributed by atoms with Crippen LogP contribution in [0, 0.1) is 0 Å². The molecule has 3 rings (SSSR count). The molecule has 0 spiro atoms. The van der Waals surface area contributed by atoms with E-state index >= 15 is 0 Å². The third kappa shape index (κ3) is 3.97. The maximum absolute atomic E-state index is 5.47.